The first-order valence-corrected chi connectivity index (χ1v) is 12.9. The number of amides is 1. The molecule has 2 aromatic carbocycles. The van der Waals surface area contributed by atoms with Crippen molar-refractivity contribution in [3.05, 3.63) is 83.5 Å². The molecule has 2 aromatic heterocycles. The Bertz CT molecular complexity index is 1380. The summed E-state index contributed by atoms with van der Waals surface area (Å²) in [5.41, 5.74) is 2.51. The van der Waals surface area contributed by atoms with Crippen LogP contribution in [-0.2, 0) is 16.4 Å². The molecule has 0 spiro atoms. The van der Waals surface area contributed by atoms with Gasteiger partial charge in [-0.05, 0) is 41.6 Å². The van der Waals surface area contributed by atoms with Crippen molar-refractivity contribution in [3.63, 3.8) is 0 Å². The van der Waals surface area contributed by atoms with Crippen LogP contribution in [0.25, 0.3) is 16.4 Å². The fourth-order valence-corrected chi connectivity index (χ4v) is 5.93. The van der Waals surface area contributed by atoms with Crippen LogP contribution in [0.4, 0.5) is 5.69 Å². The fourth-order valence-electron chi connectivity index (χ4n) is 3.80. The number of benzene rings is 2. The van der Waals surface area contributed by atoms with Crippen molar-refractivity contribution >= 4 is 33.0 Å². The number of fused-ring (bicyclic) bond motifs is 1. The Labute approximate surface area is 195 Å². The second-order valence-corrected chi connectivity index (χ2v) is 10.5. The number of hydrogen-bond donors (Lipinski definition) is 1. The fraction of sp³-hybridized carbons (Fsp3) is 0.174. The Balaban J connectivity index is 1.31. The SMILES string of the molecule is O=C(NCCS(=O)(=O)N1CCc2ccccc21)c1nc(-c2cccs2)n(-c2ccccc2)n1. The molecular weight excluding hydrogens is 458 g/mol. The first-order chi connectivity index (χ1) is 16.0. The van der Waals surface area contributed by atoms with Crippen molar-refractivity contribution < 1.29 is 13.2 Å². The standard InChI is InChI=1S/C23H21N5O3S2/c29-23(24-13-16-33(30,31)27-14-12-17-7-4-5-10-19(17)27)21-25-22(20-11-6-15-32-20)28(26-21)18-8-2-1-3-9-18/h1-11,15H,12-14,16H2,(H,24,29). The maximum Gasteiger partial charge on any atom is 0.291 e. The van der Waals surface area contributed by atoms with Crippen molar-refractivity contribution in [3.8, 4) is 16.4 Å². The predicted octanol–water partition coefficient (Wildman–Crippen LogP) is 3.12. The van der Waals surface area contributed by atoms with E-state index in [1.807, 2.05) is 72.1 Å². The molecule has 10 heteroatoms. The van der Waals surface area contributed by atoms with Crippen molar-refractivity contribution in [1.29, 1.82) is 0 Å². The molecule has 0 bridgehead atoms. The minimum atomic E-state index is -3.56. The predicted molar refractivity (Wildman–Crippen MR) is 128 cm³/mol. The molecule has 1 N–H and O–H groups in total. The quantitative estimate of drug-likeness (QED) is 0.439. The molecule has 0 radical (unpaired) electrons. The Morgan fingerprint density at radius 1 is 1.03 bits per heavy atom. The highest BCUT2D eigenvalue weighted by atomic mass is 32.2. The van der Waals surface area contributed by atoms with Gasteiger partial charge >= 0.3 is 0 Å². The van der Waals surface area contributed by atoms with Crippen LogP contribution >= 0.6 is 11.3 Å². The summed E-state index contributed by atoms with van der Waals surface area (Å²) in [6.45, 7) is 0.386. The van der Waals surface area contributed by atoms with Gasteiger partial charge < -0.3 is 5.32 Å². The Morgan fingerprint density at radius 3 is 2.61 bits per heavy atom. The number of carbonyl (C=O) groups is 1. The number of carbonyl (C=O) groups excluding carboxylic acids is 1. The normalized spacial score (nSPS) is 13.2. The van der Waals surface area contributed by atoms with E-state index in [1.165, 1.54) is 15.6 Å². The lowest BCUT2D eigenvalue weighted by Gasteiger charge is -2.19. The van der Waals surface area contributed by atoms with Crippen molar-refractivity contribution in [2.75, 3.05) is 23.1 Å². The number of hydrogen-bond acceptors (Lipinski definition) is 6. The van der Waals surface area contributed by atoms with Gasteiger partial charge in [-0.15, -0.1) is 16.4 Å². The molecule has 1 amide bonds. The van der Waals surface area contributed by atoms with Crippen LogP contribution in [0.15, 0.2) is 72.1 Å². The van der Waals surface area contributed by atoms with E-state index in [0.29, 0.717) is 24.5 Å². The van der Waals surface area contributed by atoms with E-state index in [2.05, 4.69) is 15.4 Å². The van der Waals surface area contributed by atoms with Crippen molar-refractivity contribution in [1.82, 2.24) is 20.1 Å². The van der Waals surface area contributed by atoms with E-state index in [0.717, 1.165) is 16.1 Å². The molecular formula is C23H21N5O3S2. The average molecular weight is 480 g/mol. The number of anilines is 1. The molecule has 0 unspecified atom stereocenters. The molecule has 4 aromatic rings. The van der Waals surface area contributed by atoms with Crippen LogP contribution < -0.4 is 9.62 Å². The lowest BCUT2D eigenvalue weighted by molar-refractivity contribution is 0.0946. The first kappa shape index (κ1) is 21.4. The summed E-state index contributed by atoms with van der Waals surface area (Å²) < 4.78 is 28.8. The molecule has 0 aliphatic carbocycles. The summed E-state index contributed by atoms with van der Waals surface area (Å²) in [7, 11) is -3.56. The van der Waals surface area contributed by atoms with Crippen molar-refractivity contribution in [2.24, 2.45) is 0 Å². The number of nitrogens with zero attached hydrogens (tertiary/aromatic N) is 4. The molecule has 5 rings (SSSR count). The molecule has 0 saturated heterocycles. The summed E-state index contributed by atoms with van der Waals surface area (Å²) in [5.74, 6) is -0.169. The van der Waals surface area contributed by atoms with E-state index < -0.39 is 15.9 Å². The van der Waals surface area contributed by atoms with E-state index >= 15 is 0 Å². The molecule has 33 heavy (non-hydrogen) atoms. The summed E-state index contributed by atoms with van der Waals surface area (Å²) in [4.78, 5) is 18.1. The van der Waals surface area contributed by atoms with E-state index in [-0.39, 0.29) is 18.1 Å². The molecule has 0 atom stereocenters. The molecule has 0 saturated carbocycles. The van der Waals surface area contributed by atoms with Gasteiger partial charge in [0.25, 0.3) is 5.91 Å². The van der Waals surface area contributed by atoms with Crippen LogP contribution in [-0.4, -0.2) is 47.9 Å². The second kappa shape index (κ2) is 8.80. The smallest absolute Gasteiger partial charge is 0.291 e. The summed E-state index contributed by atoms with van der Waals surface area (Å²) in [6, 6.07) is 20.7. The molecule has 1 aliphatic heterocycles. The number of aromatic nitrogens is 3. The van der Waals surface area contributed by atoms with Gasteiger partial charge in [-0.25, -0.2) is 18.1 Å². The summed E-state index contributed by atoms with van der Waals surface area (Å²) in [5, 5.41) is 8.99. The van der Waals surface area contributed by atoms with Gasteiger partial charge in [0.15, 0.2) is 5.82 Å². The van der Waals surface area contributed by atoms with E-state index in [9.17, 15) is 13.2 Å². The zero-order valence-corrected chi connectivity index (χ0v) is 19.2. The number of rotatable bonds is 7. The van der Waals surface area contributed by atoms with Gasteiger partial charge in [-0.1, -0.05) is 42.5 Å². The zero-order chi connectivity index (χ0) is 22.8. The maximum atomic E-state index is 12.9. The highest BCUT2D eigenvalue weighted by molar-refractivity contribution is 7.92. The molecule has 3 heterocycles. The van der Waals surface area contributed by atoms with Crippen molar-refractivity contribution in [2.45, 2.75) is 6.42 Å². The van der Waals surface area contributed by atoms with Crippen LogP contribution in [0.1, 0.15) is 16.2 Å². The summed E-state index contributed by atoms with van der Waals surface area (Å²) in [6.07, 6.45) is 0.689. The third-order valence-electron chi connectivity index (χ3n) is 5.38. The van der Waals surface area contributed by atoms with Crippen LogP contribution in [0.3, 0.4) is 0 Å². The van der Waals surface area contributed by atoms with Gasteiger partial charge in [-0.3, -0.25) is 9.10 Å². The summed E-state index contributed by atoms with van der Waals surface area (Å²) >= 11 is 1.50. The Hall–Kier alpha value is -3.50. The first-order valence-electron chi connectivity index (χ1n) is 10.5. The lowest BCUT2D eigenvalue weighted by Crippen LogP contribution is -2.37. The van der Waals surface area contributed by atoms with Crippen LogP contribution in [0.5, 0.6) is 0 Å². The molecule has 0 fully saturated rings. The van der Waals surface area contributed by atoms with Crippen LogP contribution in [0.2, 0.25) is 0 Å². The Morgan fingerprint density at radius 2 is 1.82 bits per heavy atom. The average Bonchev–Trinajstić information content (AvgIpc) is 3.58. The van der Waals surface area contributed by atoms with Gasteiger partial charge in [0.2, 0.25) is 15.8 Å². The molecule has 8 nitrogen and oxygen atoms in total. The van der Waals surface area contributed by atoms with Gasteiger partial charge in [-0.2, -0.15) is 0 Å². The van der Waals surface area contributed by atoms with E-state index in [4.69, 9.17) is 0 Å². The highest BCUT2D eigenvalue weighted by Gasteiger charge is 2.29. The highest BCUT2D eigenvalue weighted by Crippen LogP contribution is 2.30. The number of nitrogens with one attached hydrogen (secondary N) is 1. The topological polar surface area (TPSA) is 97.2 Å². The molecule has 168 valence electrons. The van der Waals surface area contributed by atoms with Gasteiger partial charge in [0.1, 0.15) is 0 Å². The van der Waals surface area contributed by atoms with Gasteiger partial charge in [0, 0.05) is 13.1 Å². The largest absolute Gasteiger partial charge is 0.348 e. The number of thiophene rings is 1. The number of sulfonamides is 1. The second-order valence-electron chi connectivity index (χ2n) is 7.51. The Kier molecular flexibility index (Phi) is 5.69. The minimum Gasteiger partial charge on any atom is -0.348 e. The number of para-hydroxylation sites is 2. The third-order valence-corrected chi connectivity index (χ3v) is 8.02. The monoisotopic (exact) mass is 479 g/mol. The lowest BCUT2D eigenvalue weighted by atomic mass is 10.2. The van der Waals surface area contributed by atoms with Crippen LogP contribution in [0, 0.1) is 0 Å². The zero-order valence-electron chi connectivity index (χ0n) is 17.6. The van der Waals surface area contributed by atoms with Gasteiger partial charge in [0.05, 0.1) is 22.0 Å². The third kappa shape index (κ3) is 4.27. The maximum absolute atomic E-state index is 12.9. The minimum absolute atomic E-state index is 0.00818. The van der Waals surface area contributed by atoms with E-state index in [1.54, 1.807) is 4.68 Å². The molecule has 1 aliphatic rings.